The number of hydrogen-bond donors (Lipinski definition) is 1. The third-order valence-corrected chi connectivity index (χ3v) is 3.49. The number of carbonyl (C=O) groups excluding carboxylic acids is 1. The Morgan fingerprint density at radius 2 is 2.10 bits per heavy atom. The zero-order valence-electron chi connectivity index (χ0n) is 12.5. The predicted octanol–water partition coefficient (Wildman–Crippen LogP) is 3.37. The maximum Gasteiger partial charge on any atom is 0.316 e. The van der Waals surface area contributed by atoms with Crippen LogP contribution in [-0.2, 0) is 16.1 Å². The van der Waals surface area contributed by atoms with E-state index in [-0.39, 0.29) is 17.5 Å². The number of hydrogen-bond acceptors (Lipinski definition) is 4. The number of nitrogens with one attached hydrogen (secondary N) is 1. The zero-order chi connectivity index (χ0) is 15.2. The Balaban J connectivity index is 2.69. The second-order valence-electron chi connectivity index (χ2n) is 5.38. The molecule has 1 aromatic carbocycles. The minimum atomic E-state index is -0.514. The molecule has 0 unspecified atom stereocenters. The molecular formula is C15H22FNO2S. The fourth-order valence-corrected chi connectivity index (χ4v) is 2.47. The molecular weight excluding hydrogens is 277 g/mol. The highest BCUT2D eigenvalue weighted by Crippen LogP contribution is 2.26. The van der Waals surface area contributed by atoms with Crippen LogP contribution in [-0.4, -0.2) is 23.9 Å². The minimum absolute atomic E-state index is 0.108. The molecule has 5 heteroatoms. The summed E-state index contributed by atoms with van der Waals surface area (Å²) < 4.78 is 19.1. The second-order valence-corrected chi connectivity index (χ2v) is 6.37. The van der Waals surface area contributed by atoms with Gasteiger partial charge in [0.2, 0.25) is 0 Å². The molecule has 0 aliphatic heterocycles. The first-order valence-electron chi connectivity index (χ1n) is 6.66. The van der Waals surface area contributed by atoms with Gasteiger partial charge in [0, 0.05) is 11.4 Å². The van der Waals surface area contributed by atoms with E-state index in [2.05, 4.69) is 5.32 Å². The Hall–Kier alpha value is -1.07. The van der Waals surface area contributed by atoms with Crippen LogP contribution >= 0.6 is 11.8 Å². The third-order valence-electron chi connectivity index (χ3n) is 2.37. The Morgan fingerprint density at radius 3 is 2.70 bits per heavy atom. The van der Waals surface area contributed by atoms with Crippen molar-refractivity contribution in [2.75, 3.05) is 12.3 Å². The maximum absolute atomic E-state index is 13.9. The molecule has 1 aromatic rings. The molecule has 1 N–H and O–H groups in total. The molecule has 0 amide bonds. The normalized spacial score (nSPS) is 11.4. The van der Waals surface area contributed by atoms with Crippen LogP contribution in [0.1, 0.15) is 33.3 Å². The van der Waals surface area contributed by atoms with Gasteiger partial charge in [-0.05, 0) is 38.9 Å². The van der Waals surface area contributed by atoms with E-state index >= 15 is 0 Å². The first kappa shape index (κ1) is 17.0. The molecule has 0 bridgehead atoms. The van der Waals surface area contributed by atoms with Gasteiger partial charge in [-0.1, -0.05) is 19.1 Å². The summed E-state index contributed by atoms with van der Waals surface area (Å²) in [6.07, 6.45) is 0. The van der Waals surface area contributed by atoms with Crippen LogP contribution in [0.3, 0.4) is 0 Å². The molecule has 0 saturated heterocycles. The van der Waals surface area contributed by atoms with Gasteiger partial charge in [0.25, 0.3) is 0 Å². The van der Waals surface area contributed by atoms with E-state index in [1.54, 1.807) is 6.07 Å². The number of thioether (sulfide) groups is 1. The van der Waals surface area contributed by atoms with Gasteiger partial charge in [-0.25, -0.2) is 4.39 Å². The highest BCUT2D eigenvalue weighted by molar-refractivity contribution is 8.00. The Kier molecular flexibility index (Phi) is 6.49. The molecule has 3 nitrogen and oxygen atoms in total. The molecule has 0 radical (unpaired) electrons. The quantitative estimate of drug-likeness (QED) is 0.645. The lowest BCUT2D eigenvalue weighted by Crippen LogP contribution is -2.25. The summed E-state index contributed by atoms with van der Waals surface area (Å²) in [5, 5.41) is 3.16. The first-order valence-corrected chi connectivity index (χ1v) is 7.65. The smallest absolute Gasteiger partial charge is 0.316 e. The zero-order valence-corrected chi connectivity index (χ0v) is 13.3. The summed E-state index contributed by atoms with van der Waals surface area (Å²) in [5.74, 6) is -0.522. The predicted molar refractivity (Wildman–Crippen MR) is 80.3 cm³/mol. The topological polar surface area (TPSA) is 38.3 Å². The van der Waals surface area contributed by atoms with Crippen LogP contribution in [0.5, 0.6) is 0 Å². The molecule has 112 valence electrons. The van der Waals surface area contributed by atoms with Crippen molar-refractivity contribution in [3.05, 3.63) is 29.6 Å². The van der Waals surface area contributed by atoms with Crippen molar-refractivity contribution >= 4 is 17.7 Å². The first-order chi connectivity index (χ1) is 9.33. The highest BCUT2D eigenvalue weighted by atomic mass is 32.2. The number of halogens is 1. The molecule has 0 atom stereocenters. The number of rotatable bonds is 6. The van der Waals surface area contributed by atoms with Gasteiger partial charge in [0.05, 0.1) is 5.75 Å². The van der Waals surface area contributed by atoms with Gasteiger partial charge < -0.3 is 10.1 Å². The van der Waals surface area contributed by atoms with Crippen molar-refractivity contribution in [1.82, 2.24) is 5.32 Å². The molecule has 0 aliphatic rings. The summed E-state index contributed by atoms with van der Waals surface area (Å²) in [7, 11) is 0. The molecule has 0 heterocycles. The van der Waals surface area contributed by atoms with Crippen molar-refractivity contribution in [2.45, 2.75) is 44.7 Å². The van der Waals surface area contributed by atoms with Crippen LogP contribution in [0, 0.1) is 5.82 Å². The van der Waals surface area contributed by atoms with E-state index in [1.807, 2.05) is 33.8 Å². The fraction of sp³-hybridized carbons (Fsp3) is 0.533. The van der Waals surface area contributed by atoms with E-state index in [4.69, 9.17) is 4.74 Å². The lowest BCUT2D eigenvalue weighted by molar-refractivity contribution is -0.151. The summed E-state index contributed by atoms with van der Waals surface area (Å²) in [6, 6.07) is 4.95. The molecule has 0 saturated carbocycles. The summed E-state index contributed by atoms with van der Waals surface area (Å²) in [6.45, 7) is 8.84. The van der Waals surface area contributed by atoms with Gasteiger partial charge in [-0.15, -0.1) is 11.8 Å². The Morgan fingerprint density at radius 1 is 1.40 bits per heavy atom. The van der Waals surface area contributed by atoms with Crippen LogP contribution < -0.4 is 5.32 Å². The van der Waals surface area contributed by atoms with Crippen molar-refractivity contribution in [3.8, 4) is 0 Å². The molecule has 0 aliphatic carbocycles. The lowest BCUT2D eigenvalue weighted by atomic mass is 10.2. The van der Waals surface area contributed by atoms with Crippen LogP contribution in [0.2, 0.25) is 0 Å². The van der Waals surface area contributed by atoms with Crippen LogP contribution in [0.4, 0.5) is 4.39 Å². The molecule has 0 spiro atoms. The number of esters is 1. The molecule has 0 aromatic heterocycles. The standard InChI is InChI=1S/C15H22FNO2S/c1-5-17-9-11-7-6-8-12(16)14(11)20-10-13(18)19-15(2,3)4/h6-8,17H,5,9-10H2,1-4H3. The van der Waals surface area contributed by atoms with Crippen LogP contribution in [0.15, 0.2) is 23.1 Å². The largest absolute Gasteiger partial charge is 0.459 e. The van der Waals surface area contributed by atoms with Crippen LogP contribution in [0.25, 0.3) is 0 Å². The van der Waals surface area contributed by atoms with Gasteiger partial charge in [0.1, 0.15) is 11.4 Å². The highest BCUT2D eigenvalue weighted by Gasteiger charge is 2.17. The van der Waals surface area contributed by atoms with Crippen molar-refractivity contribution in [2.24, 2.45) is 0 Å². The SMILES string of the molecule is CCNCc1cccc(F)c1SCC(=O)OC(C)(C)C. The van der Waals surface area contributed by atoms with Gasteiger partial charge in [-0.2, -0.15) is 0 Å². The minimum Gasteiger partial charge on any atom is -0.459 e. The van der Waals surface area contributed by atoms with E-state index < -0.39 is 5.60 Å². The van der Waals surface area contributed by atoms with E-state index in [0.29, 0.717) is 11.4 Å². The summed E-state index contributed by atoms with van der Waals surface area (Å²) in [5.41, 5.74) is 0.347. The third kappa shape index (κ3) is 5.92. The summed E-state index contributed by atoms with van der Waals surface area (Å²) in [4.78, 5) is 12.2. The number of benzene rings is 1. The average molecular weight is 299 g/mol. The lowest BCUT2D eigenvalue weighted by Gasteiger charge is -2.19. The van der Waals surface area contributed by atoms with E-state index in [0.717, 1.165) is 12.1 Å². The monoisotopic (exact) mass is 299 g/mol. The van der Waals surface area contributed by atoms with Crippen molar-refractivity contribution < 1.29 is 13.9 Å². The molecule has 20 heavy (non-hydrogen) atoms. The van der Waals surface area contributed by atoms with Crippen molar-refractivity contribution in [3.63, 3.8) is 0 Å². The van der Waals surface area contributed by atoms with Gasteiger partial charge in [0.15, 0.2) is 0 Å². The second kappa shape index (κ2) is 7.64. The van der Waals surface area contributed by atoms with Gasteiger partial charge >= 0.3 is 5.97 Å². The Labute approximate surface area is 124 Å². The molecule has 0 fully saturated rings. The average Bonchev–Trinajstić information content (AvgIpc) is 2.33. The van der Waals surface area contributed by atoms with Crippen molar-refractivity contribution in [1.29, 1.82) is 0 Å². The number of carbonyl (C=O) groups is 1. The number of ether oxygens (including phenoxy) is 1. The molecule has 1 rings (SSSR count). The fourth-order valence-electron chi connectivity index (χ4n) is 1.62. The van der Waals surface area contributed by atoms with E-state index in [1.165, 1.54) is 17.8 Å². The Bertz CT molecular complexity index is 458. The summed E-state index contributed by atoms with van der Waals surface area (Å²) >= 11 is 1.18. The van der Waals surface area contributed by atoms with E-state index in [9.17, 15) is 9.18 Å². The van der Waals surface area contributed by atoms with Gasteiger partial charge in [-0.3, -0.25) is 4.79 Å². The maximum atomic E-state index is 13.9.